The van der Waals surface area contributed by atoms with Crippen molar-refractivity contribution < 1.29 is 19.4 Å². The lowest BCUT2D eigenvalue weighted by atomic mass is 9.90. The number of carboxylic acid groups (broad SMARTS) is 1. The van der Waals surface area contributed by atoms with Crippen LogP contribution in [0.4, 0.5) is 0 Å². The Morgan fingerprint density at radius 2 is 2.00 bits per heavy atom. The van der Waals surface area contributed by atoms with E-state index >= 15 is 0 Å². The maximum atomic E-state index is 11.8. The fourth-order valence-corrected chi connectivity index (χ4v) is 2.02. The van der Waals surface area contributed by atoms with Crippen molar-refractivity contribution in [2.45, 2.75) is 12.5 Å². The first-order chi connectivity index (χ1) is 9.85. The molecule has 0 saturated carbocycles. The summed E-state index contributed by atoms with van der Waals surface area (Å²) in [5.41, 5.74) is -0.716. The second kappa shape index (κ2) is 7.28. The SMILES string of the molecule is COc1ccc(OC)c(C(C)(NCCN(C)C)C(=O)O)c1. The minimum atomic E-state index is -1.25. The van der Waals surface area contributed by atoms with E-state index in [2.05, 4.69) is 5.32 Å². The molecule has 0 aliphatic rings. The van der Waals surface area contributed by atoms with Crippen LogP contribution in [-0.4, -0.2) is 57.4 Å². The average Bonchev–Trinajstić information content (AvgIpc) is 2.45. The summed E-state index contributed by atoms with van der Waals surface area (Å²) >= 11 is 0. The minimum Gasteiger partial charge on any atom is -0.497 e. The minimum absolute atomic E-state index is 0.512. The van der Waals surface area contributed by atoms with Crippen molar-refractivity contribution >= 4 is 5.97 Å². The molecule has 2 N–H and O–H groups in total. The lowest BCUT2D eigenvalue weighted by molar-refractivity contribution is -0.144. The molecule has 0 radical (unpaired) electrons. The summed E-state index contributed by atoms with van der Waals surface area (Å²) in [4.78, 5) is 13.8. The van der Waals surface area contributed by atoms with Crippen molar-refractivity contribution in [1.82, 2.24) is 10.2 Å². The molecule has 118 valence electrons. The summed E-state index contributed by atoms with van der Waals surface area (Å²) in [5, 5.41) is 12.8. The Labute approximate surface area is 125 Å². The van der Waals surface area contributed by atoms with Gasteiger partial charge in [-0.05, 0) is 39.2 Å². The number of nitrogens with one attached hydrogen (secondary N) is 1. The van der Waals surface area contributed by atoms with Gasteiger partial charge in [0.25, 0.3) is 0 Å². The van der Waals surface area contributed by atoms with E-state index in [1.54, 1.807) is 32.2 Å². The number of ether oxygens (including phenoxy) is 2. The number of benzene rings is 1. The molecule has 1 atom stereocenters. The first-order valence-electron chi connectivity index (χ1n) is 6.70. The largest absolute Gasteiger partial charge is 0.497 e. The van der Waals surface area contributed by atoms with Crippen LogP contribution in [0.15, 0.2) is 18.2 Å². The number of hydrogen-bond donors (Lipinski definition) is 2. The van der Waals surface area contributed by atoms with E-state index in [-0.39, 0.29) is 0 Å². The van der Waals surface area contributed by atoms with Crippen LogP contribution in [-0.2, 0) is 10.3 Å². The van der Waals surface area contributed by atoms with E-state index in [0.29, 0.717) is 23.6 Å². The number of carbonyl (C=O) groups is 1. The number of carboxylic acids is 1. The normalized spacial score (nSPS) is 13.8. The van der Waals surface area contributed by atoms with E-state index in [1.807, 2.05) is 19.0 Å². The average molecular weight is 296 g/mol. The van der Waals surface area contributed by atoms with E-state index in [1.165, 1.54) is 7.11 Å². The molecule has 0 saturated heterocycles. The van der Waals surface area contributed by atoms with Gasteiger partial charge >= 0.3 is 5.97 Å². The molecule has 0 spiro atoms. The second-order valence-electron chi connectivity index (χ2n) is 5.23. The lowest BCUT2D eigenvalue weighted by Gasteiger charge is -2.29. The molecule has 1 aromatic rings. The smallest absolute Gasteiger partial charge is 0.328 e. The van der Waals surface area contributed by atoms with E-state index in [9.17, 15) is 9.90 Å². The fraction of sp³-hybridized carbons (Fsp3) is 0.533. The Bertz CT molecular complexity index is 491. The Balaban J connectivity index is 3.17. The molecule has 0 aromatic heterocycles. The van der Waals surface area contributed by atoms with Crippen molar-refractivity contribution in [3.8, 4) is 11.5 Å². The third kappa shape index (κ3) is 4.09. The summed E-state index contributed by atoms with van der Waals surface area (Å²) in [6, 6.07) is 5.14. The quantitative estimate of drug-likeness (QED) is 0.750. The van der Waals surface area contributed by atoms with Gasteiger partial charge in [-0.3, -0.25) is 5.32 Å². The van der Waals surface area contributed by atoms with Crippen LogP contribution in [0.3, 0.4) is 0 Å². The first kappa shape index (κ1) is 17.3. The summed E-state index contributed by atoms with van der Waals surface area (Å²) in [6.45, 7) is 2.90. The number of nitrogens with zero attached hydrogens (tertiary/aromatic N) is 1. The standard InChI is InChI=1S/C15H24N2O4/c1-15(14(18)19,16-8-9-17(2)3)12-10-11(20-4)6-7-13(12)21-5/h6-7,10,16H,8-9H2,1-5H3,(H,18,19). The first-order valence-corrected chi connectivity index (χ1v) is 6.70. The van der Waals surface area contributed by atoms with Gasteiger partial charge in [0, 0.05) is 18.7 Å². The van der Waals surface area contributed by atoms with Crippen molar-refractivity contribution in [2.75, 3.05) is 41.4 Å². The highest BCUT2D eigenvalue weighted by Crippen LogP contribution is 2.33. The lowest BCUT2D eigenvalue weighted by Crippen LogP contribution is -2.48. The number of methoxy groups -OCH3 is 2. The highest BCUT2D eigenvalue weighted by molar-refractivity contribution is 5.81. The van der Waals surface area contributed by atoms with Crippen LogP contribution in [0.5, 0.6) is 11.5 Å². The Kier molecular flexibility index (Phi) is 5.99. The molecule has 1 aromatic carbocycles. The molecule has 0 heterocycles. The molecule has 0 amide bonds. The molecule has 0 bridgehead atoms. The van der Waals surface area contributed by atoms with Crippen molar-refractivity contribution in [3.05, 3.63) is 23.8 Å². The summed E-state index contributed by atoms with van der Waals surface area (Å²) < 4.78 is 10.5. The zero-order valence-corrected chi connectivity index (χ0v) is 13.3. The van der Waals surface area contributed by atoms with Gasteiger partial charge in [0.05, 0.1) is 14.2 Å². The van der Waals surface area contributed by atoms with Crippen molar-refractivity contribution in [1.29, 1.82) is 0 Å². The molecule has 1 rings (SSSR count). The van der Waals surface area contributed by atoms with Crippen LogP contribution in [0.1, 0.15) is 12.5 Å². The van der Waals surface area contributed by atoms with Gasteiger partial charge < -0.3 is 19.5 Å². The van der Waals surface area contributed by atoms with Crippen LogP contribution in [0.2, 0.25) is 0 Å². The molecular formula is C15H24N2O4. The molecule has 1 unspecified atom stereocenters. The van der Waals surface area contributed by atoms with Gasteiger partial charge in [0.1, 0.15) is 17.0 Å². The molecule has 6 nitrogen and oxygen atoms in total. The van der Waals surface area contributed by atoms with Gasteiger partial charge in [-0.2, -0.15) is 0 Å². The number of hydrogen-bond acceptors (Lipinski definition) is 5. The molecule has 21 heavy (non-hydrogen) atoms. The molecule has 0 aliphatic heterocycles. The topological polar surface area (TPSA) is 71.0 Å². The number of rotatable bonds is 8. The van der Waals surface area contributed by atoms with Crippen LogP contribution in [0, 0.1) is 0 Å². The van der Waals surface area contributed by atoms with E-state index in [0.717, 1.165) is 6.54 Å². The van der Waals surface area contributed by atoms with Crippen LogP contribution < -0.4 is 14.8 Å². The summed E-state index contributed by atoms with van der Waals surface area (Å²) in [5.74, 6) is 0.138. The summed E-state index contributed by atoms with van der Waals surface area (Å²) in [7, 11) is 6.94. The summed E-state index contributed by atoms with van der Waals surface area (Å²) in [6.07, 6.45) is 0. The molecule has 0 aliphatic carbocycles. The van der Waals surface area contributed by atoms with Gasteiger partial charge in [0.2, 0.25) is 0 Å². The van der Waals surface area contributed by atoms with Crippen molar-refractivity contribution in [2.24, 2.45) is 0 Å². The van der Waals surface area contributed by atoms with E-state index < -0.39 is 11.5 Å². The predicted octanol–water partition coefficient (Wildman–Crippen LogP) is 1.15. The third-order valence-corrected chi connectivity index (χ3v) is 3.41. The predicted molar refractivity (Wildman–Crippen MR) is 81.1 cm³/mol. The van der Waals surface area contributed by atoms with Gasteiger partial charge in [-0.25, -0.2) is 4.79 Å². The highest BCUT2D eigenvalue weighted by Gasteiger charge is 2.37. The monoisotopic (exact) mass is 296 g/mol. The van der Waals surface area contributed by atoms with Gasteiger partial charge in [-0.15, -0.1) is 0 Å². The van der Waals surface area contributed by atoms with E-state index in [4.69, 9.17) is 9.47 Å². The van der Waals surface area contributed by atoms with Crippen LogP contribution >= 0.6 is 0 Å². The third-order valence-electron chi connectivity index (χ3n) is 3.41. The molecule has 6 heteroatoms. The number of aliphatic carboxylic acids is 1. The maximum absolute atomic E-state index is 11.8. The Morgan fingerprint density at radius 3 is 2.48 bits per heavy atom. The van der Waals surface area contributed by atoms with Crippen molar-refractivity contribution in [3.63, 3.8) is 0 Å². The van der Waals surface area contributed by atoms with Gasteiger partial charge in [0.15, 0.2) is 0 Å². The zero-order chi connectivity index (χ0) is 16.0. The maximum Gasteiger partial charge on any atom is 0.328 e. The van der Waals surface area contributed by atoms with Crippen LogP contribution in [0.25, 0.3) is 0 Å². The Morgan fingerprint density at radius 1 is 1.33 bits per heavy atom. The zero-order valence-electron chi connectivity index (χ0n) is 13.3. The Hall–Kier alpha value is -1.79. The molecular weight excluding hydrogens is 272 g/mol. The molecule has 0 fully saturated rings. The van der Waals surface area contributed by atoms with Gasteiger partial charge in [-0.1, -0.05) is 0 Å². The number of likely N-dealkylation sites (N-methyl/N-ethyl adjacent to an activating group) is 1. The highest BCUT2D eigenvalue weighted by atomic mass is 16.5. The second-order valence-corrected chi connectivity index (χ2v) is 5.23. The fourth-order valence-electron chi connectivity index (χ4n) is 2.02.